The summed E-state index contributed by atoms with van der Waals surface area (Å²) in [7, 11) is 0. The summed E-state index contributed by atoms with van der Waals surface area (Å²) in [6, 6.07) is 13.4. The van der Waals surface area contributed by atoms with E-state index in [1.54, 1.807) is 48.8 Å². The predicted molar refractivity (Wildman–Crippen MR) is 150 cm³/mol. The number of ether oxygens (including phenoxy) is 1. The number of esters is 1. The van der Waals surface area contributed by atoms with Crippen LogP contribution in [0.15, 0.2) is 48.5 Å². The number of hydrogen-bond donors (Lipinski definition) is 1. The fourth-order valence-corrected chi connectivity index (χ4v) is 4.79. The zero-order valence-electron chi connectivity index (χ0n) is 22.1. The molecule has 2 aromatic carbocycles. The number of rotatable bonds is 5. The molecule has 3 aromatic rings. The maximum atomic E-state index is 13.8. The zero-order chi connectivity index (χ0) is 28.3. The minimum atomic E-state index is -0.656. The van der Waals surface area contributed by atoms with E-state index in [4.69, 9.17) is 27.9 Å². The second-order valence-corrected chi connectivity index (χ2v) is 10.4. The molecule has 1 N–H and O–H groups in total. The highest BCUT2D eigenvalue weighted by Crippen LogP contribution is 2.27. The van der Waals surface area contributed by atoms with Crippen molar-refractivity contribution in [3.05, 3.63) is 75.5 Å². The molecule has 1 unspecified atom stereocenters. The van der Waals surface area contributed by atoms with Crippen molar-refractivity contribution in [2.24, 2.45) is 0 Å². The Labute approximate surface area is 237 Å². The summed E-state index contributed by atoms with van der Waals surface area (Å²) in [5, 5.41) is 3.59. The fourth-order valence-electron chi connectivity index (χ4n) is 4.33. The first-order valence-electron chi connectivity index (χ1n) is 12.5. The second kappa shape index (κ2) is 12.0. The molecule has 1 atom stereocenters. The van der Waals surface area contributed by atoms with E-state index in [1.165, 1.54) is 0 Å². The largest absolute Gasteiger partial charge is 0.459 e. The van der Waals surface area contributed by atoms with Crippen molar-refractivity contribution in [2.45, 2.75) is 39.8 Å². The molecule has 0 radical (unpaired) electrons. The van der Waals surface area contributed by atoms with Crippen LogP contribution in [-0.2, 0) is 4.74 Å². The Morgan fingerprint density at radius 3 is 2.41 bits per heavy atom. The highest BCUT2D eigenvalue weighted by atomic mass is 35.5. The fraction of sp³-hybridized carbons (Fsp3) is 0.321. The number of anilines is 1. The van der Waals surface area contributed by atoms with Crippen LogP contribution < -0.4 is 5.32 Å². The van der Waals surface area contributed by atoms with E-state index in [9.17, 15) is 14.4 Å². The number of piperazine rings is 1. The van der Waals surface area contributed by atoms with Crippen LogP contribution in [0.3, 0.4) is 0 Å². The standard InChI is InChI=1S/C28H29Cl2N5O4/c1-16(2)39-27(37)23-18(4)31-25(19-8-6-5-7-9-19)33-24(23)26(36)34-12-13-35(17(3)15-34)28(38)32-22-11-10-20(29)14-21(22)30/h5-11,14,16-17H,12-13,15H2,1-4H3,(H,32,38). The summed E-state index contributed by atoms with van der Waals surface area (Å²) in [4.78, 5) is 52.1. The number of aryl methyl sites for hydroxylation is 1. The summed E-state index contributed by atoms with van der Waals surface area (Å²) in [6.45, 7) is 7.72. The van der Waals surface area contributed by atoms with Crippen molar-refractivity contribution < 1.29 is 19.1 Å². The molecule has 3 amide bonds. The van der Waals surface area contributed by atoms with Gasteiger partial charge < -0.3 is 19.9 Å². The molecule has 1 aliphatic heterocycles. The third kappa shape index (κ3) is 6.49. The average molecular weight is 570 g/mol. The molecule has 1 aliphatic rings. The summed E-state index contributed by atoms with van der Waals surface area (Å²) in [5.74, 6) is -0.749. The normalized spacial score (nSPS) is 15.3. The van der Waals surface area contributed by atoms with E-state index in [-0.39, 0.29) is 49.1 Å². The van der Waals surface area contributed by atoms with Gasteiger partial charge in [0, 0.05) is 36.3 Å². The van der Waals surface area contributed by atoms with Gasteiger partial charge in [-0.1, -0.05) is 53.5 Å². The smallest absolute Gasteiger partial charge is 0.342 e. The minimum absolute atomic E-state index is 0.0231. The van der Waals surface area contributed by atoms with E-state index < -0.39 is 11.9 Å². The van der Waals surface area contributed by atoms with Gasteiger partial charge in [0.05, 0.1) is 22.5 Å². The number of carbonyl (C=O) groups is 3. The van der Waals surface area contributed by atoms with Gasteiger partial charge >= 0.3 is 12.0 Å². The van der Waals surface area contributed by atoms with Gasteiger partial charge in [-0.15, -0.1) is 0 Å². The third-order valence-electron chi connectivity index (χ3n) is 6.22. The van der Waals surface area contributed by atoms with Crippen molar-refractivity contribution in [3.63, 3.8) is 0 Å². The molecule has 1 fully saturated rings. The third-order valence-corrected chi connectivity index (χ3v) is 6.77. The molecule has 9 nitrogen and oxygen atoms in total. The van der Waals surface area contributed by atoms with Gasteiger partial charge in [0.1, 0.15) is 11.3 Å². The number of carbonyl (C=O) groups excluding carboxylic acids is 3. The first kappa shape index (κ1) is 28.3. The Hall–Kier alpha value is -3.69. The van der Waals surface area contributed by atoms with Crippen LogP contribution in [0.25, 0.3) is 11.4 Å². The van der Waals surface area contributed by atoms with Crippen LogP contribution in [0.1, 0.15) is 47.3 Å². The molecule has 0 spiro atoms. The van der Waals surface area contributed by atoms with Gasteiger partial charge in [-0.05, 0) is 45.9 Å². The van der Waals surface area contributed by atoms with Gasteiger partial charge in [0.15, 0.2) is 5.82 Å². The van der Waals surface area contributed by atoms with Crippen LogP contribution in [0.4, 0.5) is 10.5 Å². The number of amides is 3. The molecule has 39 heavy (non-hydrogen) atoms. The van der Waals surface area contributed by atoms with Crippen molar-refractivity contribution >= 4 is 46.8 Å². The van der Waals surface area contributed by atoms with Crippen molar-refractivity contribution in [3.8, 4) is 11.4 Å². The molecular weight excluding hydrogens is 541 g/mol. The zero-order valence-corrected chi connectivity index (χ0v) is 23.6. The highest BCUT2D eigenvalue weighted by molar-refractivity contribution is 6.36. The van der Waals surface area contributed by atoms with E-state index in [0.717, 1.165) is 0 Å². The maximum absolute atomic E-state index is 13.8. The molecule has 4 rings (SSSR count). The van der Waals surface area contributed by atoms with Gasteiger partial charge in [-0.25, -0.2) is 19.6 Å². The Bertz CT molecular complexity index is 1400. The molecule has 2 heterocycles. The first-order chi connectivity index (χ1) is 18.5. The molecular formula is C28H29Cl2N5O4. The van der Waals surface area contributed by atoms with Crippen molar-refractivity contribution in [2.75, 3.05) is 25.0 Å². The lowest BCUT2D eigenvalue weighted by Crippen LogP contribution is -2.56. The lowest BCUT2D eigenvalue weighted by Gasteiger charge is -2.39. The van der Waals surface area contributed by atoms with Crippen molar-refractivity contribution in [1.29, 1.82) is 0 Å². The number of benzene rings is 2. The van der Waals surface area contributed by atoms with Crippen molar-refractivity contribution in [1.82, 2.24) is 19.8 Å². The van der Waals surface area contributed by atoms with Crippen LogP contribution in [-0.4, -0.2) is 69.5 Å². The molecule has 0 saturated carbocycles. The molecule has 1 saturated heterocycles. The van der Waals surface area contributed by atoms with Crippen LogP contribution in [0, 0.1) is 6.92 Å². The number of urea groups is 1. The number of hydrogen-bond acceptors (Lipinski definition) is 6. The van der Waals surface area contributed by atoms with Gasteiger partial charge in [0.25, 0.3) is 5.91 Å². The van der Waals surface area contributed by atoms with E-state index in [0.29, 0.717) is 32.8 Å². The second-order valence-electron chi connectivity index (χ2n) is 9.52. The maximum Gasteiger partial charge on any atom is 0.342 e. The summed E-state index contributed by atoms with van der Waals surface area (Å²) >= 11 is 12.2. The van der Waals surface area contributed by atoms with Gasteiger partial charge in [0.2, 0.25) is 0 Å². The summed E-state index contributed by atoms with van der Waals surface area (Å²) in [6.07, 6.45) is -0.384. The molecule has 1 aromatic heterocycles. The molecule has 11 heteroatoms. The lowest BCUT2D eigenvalue weighted by atomic mass is 10.1. The SMILES string of the molecule is Cc1nc(-c2ccccc2)nc(C(=O)N2CCN(C(=O)Nc3ccc(Cl)cc3Cl)C(C)C2)c1C(=O)OC(C)C. The Morgan fingerprint density at radius 2 is 1.77 bits per heavy atom. The Balaban J connectivity index is 1.58. The number of aromatic nitrogens is 2. The number of nitrogens with zero attached hydrogens (tertiary/aromatic N) is 4. The molecule has 0 bridgehead atoms. The average Bonchev–Trinajstić information content (AvgIpc) is 2.89. The molecule has 204 valence electrons. The summed E-state index contributed by atoms with van der Waals surface area (Å²) in [5.41, 5.74) is 1.52. The highest BCUT2D eigenvalue weighted by Gasteiger charge is 2.34. The quantitative estimate of drug-likeness (QED) is 0.395. The van der Waals surface area contributed by atoms with Crippen LogP contribution in [0.5, 0.6) is 0 Å². The number of nitrogens with one attached hydrogen (secondary N) is 1. The monoisotopic (exact) mass is 569 g/mol. The summed E-state index contributed by atoms with van der Waals surface area (Å²) < 4.78 is 5.41. The minimum Gasteiger partial charge on any atom is -0.459 e. The van der Waals surface area contributed by atoms with E-state index in [2.05, 4.69) is 15.3 Å². The Kier molecular flexibility index (Phi) is 8.72. The van der Waals surface area contributed by atoms with Crippen LogP contribution in [0.2, 0.25) is 10.0 Å². The van der Waals surface area contributed by atoms with Crippen LogP contribution >= 0.6 is 23.2 Å². The van der Waals surface area contributed by atoms with Gasteiger partial charge in [-0.2, -0.15) is 0 Å². The number of halogens is 2. The Morgan fingerprint density at radius 1 is 1.05 bits per heavy atom. The topological polar surface area (TPSA) is 105 Å². The molecule has 0 aliphatic carbocycles. The van der Waals surface area contributed by atoms with E-state index in [1.807, 2.05) is 37.3 Å². The predicted octanol–water partition coefficient (Wildman–Crippen LogP) is 5.70. The first-order valence-corrected chi connectivity index (χ1v) is 13.3. The lowest BCUT2D eigenvalue weighted by molar-refractivity contribution is 0.0367. The van der Waals surface area contributed by atoms with E-state index >= 15 is 0 Å². The van der Waals surface area contributed by atoms with Gasteiger partial charge in [-0.3, -0.25) is 4.79 Å².